The third-order valence-electron chi connectivity index (χ3n) is 2.63. The predicted octanol–water partition coefficient (Wildman–Crippen LogP) is 1.87. The zero-order valence-corrected chi connectivity index (χ0v) is 8.47. The maximum absolute atomic E-state index is 5.42. The Balaban J connectivity index is 0.000000750. The fourth-order valence-corrected chi connectivity index (χ4v) is 1.78. The number of fused-ring (bicyclic) bond motifs is 1. The van der Waals surface area contributed by atoms with Gasteiger partial charge in [0.2, 0.25) is 6.79 Å². The first-order valence-electron chi connectivity index (χ1n) is 4.57. The molecule has 1 atom stereocenters. The van der Waals surface area contributed by atoms with Gasteiger partial charge in [-0.25, -0.2) is 0 Å². The van der Waals surface area contributed by atoms with Crippen molar-refractivity contribution in [2.24, 2.45) is 0 Å². The molecule has 1 aromatic carbocycles. The molecule has 0 spiro atoms. The van der Waals surface area contributed by atoms with Gasteiger partial charge in [0, 0.05) is 11.6 Å². The van der Waals surface area contributed by atoms with Gasteiger partial charge in [0.05, 0.1) is 0 Å². The molecule has 0 unspecified atom stereocenters. The molecule has 0 amide bonds. The molecule has 2 aliphatic heterocycles. The van der Waals surface area contributed by atoms with E-state index in [-0.39, 0.29) is 12.4 Å². The Kier molecular flexibility index (Phi) is 2.52. The number of benzene rings is 1. The van der Waals surface area contributed by atoms with Gasteiger partial charge in [0.25, 0.3) is 0 Å². The van der Waals surface area contributed by atoms with Crippen LogP contribution < -0.4 is 14.8 Å². The Morgan fingerprint density at radius 2 is 2.14 bits per heavy atom. The number of para-hydroxylation sites is 1. The van der Waals surface area contributed by atoms with Crippen molar-refractivity contribution in [1.82, 2.24) is 5.32 Å². The summed E-state index contributed by atoms with van der Waals surface area (Å²) in [5, 5.41) is 3.36. The molecule has 0 aromatic heterocycles. The van der Waals surface area contributed by atoms with E-state index in [9.17, 15) is 0 Å². The average molecular weight is 214 g/mol. The van der Waals surface area contributed by atoms with Gasteiger partial charge in [0.15, 0.2) is 11.5 Å². The minimum Gasteiger partial charge on any atom is -0.454 e. The Bertz CT molecular complexity index is 339. The third-order valence-corrected chi connectivity index (χ3v) is 2.63. The maximum Gasteiger partial charge on any atom is 0.231 e. The smallest absolute Gasteiger partial charge is 0.231 e. The monoisotopic (exact) mass is 213 g/mol. The van der Waals surface area contributed by atoms with Gasteiger partial charge in [0.1, 0.15) is 0 Å². The van der Waals surface area contributed by atoms with Crippen LogP contribution in [0.1, 0.15) is 18.0 Å². The van der Waals surface area contributed by atoms with Crippen LogP contribution in [0.15, 0.2) is 18.2 Å². The standard InChI is InChI=1S/C10H11NO2.ClH/c1-2-7(8-4-5-11-8)10-9(3-1)12-6-13-10;/h1-3,8,11H,4-6H2;1H/t8-;/m1./s1. The van der Waals surface area contributed by atoms with Crippen LogP contribution in [0, 0.1) is 0 Å². The topological polar surface area (TPSA) is 30.5 Å². The van der Waals surface area contributed by atoms with E-state index in [2.05, 4.69) is 11.4 Å². The second kappa shape index (κ2) is 3.67. The van der Waals surface area contributed by atoms with Crippen molar-refractivity contribution in [3.8, 4) is 11.5 Å². The molecule has 3 nitrogen and oxygen atoms in total. The molecular weight excluding hydrogens is 202 g/mol. The first-order chi connectivity index (χ1) is 6.45. The van der Waals surface area contributed by atoms with Gasteiger partial charge in [-0.3, -0.25) is 0 Å². The number of halogens is 1. The van der Waals surface area contributed by atoms with Crippen LogP contribution >= 0.6 is 12.4 Å². The Morgan fingerprint density at radius 1 is 1.29 bits per heavy atom. The van der Waals surface area contributed by atoms with E-state index in [4.69, 9.17) is 9.47 Å². The lowest BCUT2D eigenvalue weighted by Crippen LogP contribution is -2.35. The van der Waals surface area contributed by atoms with E-state index in [1.54, 1.807) is 0 Å². The summed E-state index contributed by atoms with van der Waals surface area (Å²) in [6.07, 6.45) is 1.19. The highest BCUT2D eigenvalue weighted by atomic mass is 35.5. The molecule has 14 heavy (non-hydrogen) atoms. The molecule has 0 radical (unpaired) electrons. The van der Waals surface area contributed by atoms with Gasteiger partial charge in [-0.2, -0.15) is 0 Å². The van der Waals surface area contributed by atoms with Crippen LogP contribution in [0.25, 0.3) is 0 Å². The van der Waals surface area contributed by atoms with E-state index in [0.717, 1.165) is 18.0 Å². The Labute approximate surface area is 88.8 Å². The van der Waals surface area contributed by atoms with Crippen LogP contribution in [-0.2, 0) is 0 Å². The highest BCUT2D eigenvalue weighted by Gasteiger charge is 2.26. The van der Waals surface area contributed by atoms with Crippen LogP contribution in [0.3, 0.4) is 0 Å². The number of hydrogen-bond donors (Lipinski definition) is 1. The van der Waals surface area contributed by atoms with Crippen molar-refractivity contribution >= 4 is 12.4 Å². The number of hydrogen-bond acceptors (Lipinski definition) is 3. The normalized spacial score (nSPS) is 22.4. The third kappa shape index (κ3) is 1.33. The molecule has 2 aliphatic rings. The fraction of sp³-hybridized carbons (Fsp3) is 0.400. The molecule has 0 bridgehead atoms. The van der Waals surface area contributed by atoms with Gasteiger partial charge in [-0.1, -0.05) is 12.1 Å². The van der Waals surface area contributed by atoms with Crippen LogP contribution in [-0.4, -0.2) is 13.3 Å². The van der Waals surface area contributed by atoms with E-state index in [1.165, 1.54) is 12.0 Å². The fourth-order valence-electron chi connectivity index (χ4n) is 1.78. The molecular formula is C10H12ClNO2. The van der Waals surface area contributed by atoms with Crippen molar-refractivity contribution in [3.05, 3.63) is 23.8 Å². The molecule has 0 saturated carbocycles. The van der Waals surface area contributed by atoms with Crippen molar-refractivity contribution in [2.75, 3.05) is 13.3 Å². The molecule has 4 heteroatoms. The number of rotatable bonds is 1. The lowest BCUT2D eigenvalue weighted by atomic mass is 9.97. The summed E-state index contributed by atoms with van der Waals surface area (Å²) in [5.41, 5.74) is 1.24. The van der Waals surface area contributed by atoms with Crippen LogP contribution in [0.5, 0.6) is 11.5 Å². The Morgan fingerprint density at radius 3 is 2.86 bits per heavy atom. The molecule has 1 fully saturated rings. The van der Waals surface area contributed by atoms with Gasteiger partial charge < -0.3 is 14.8 Å². The quantitative estimate of drug-likeness (QED) is 0.773. The second-order valence-corrected chi connectivity index (χ2v) is 3.38. The summed E-state index contributed by atoms with van der Waals surface area (Å²) in [5.74, 6) is 1.81. The molecule has 0 aliphatic carbocycles. The molecule has 1 aromatic rings. The summed E-state index contributed by atoms with van der Waals surface area (Å²) < 4.78 is 10.7. The first-order valence-corrected chi connectivity index (χ1v) is 4.57. The van der Waals surface area contributed by atoms with Crippen molar-refractivity contribution in [1.29, 1.82) is 0 Å². The van der Waals surface area contributed by atoms with E-state index >= 15 is 0 Å². The van der Waals surface area contributed by atoms with Crippen molar-refractivity contribution < 1.29 is 9.47 Å². The summed E-state index contributed by atoms with van der Waals surface area (Å²) in [7, 11) is 0. The lowest BCUT2D eigenvalue weighted by Gasteiger charge is -2.28. The van der Waals surface area contributed by atoms with Gasteiger partial charge in [-0.15, -0.1) is 12.4 Å². The summed E-state index contributed by atoms with van der Waals surface area (Å²) in [6.45, 7) is 1.47. The van der Waals surface area contributed by atoms with E-state index in [1.807, 2.05) is 12.1 Å². The van der Waals surface area contributed by atoms with Crippen LogP contribution in [0.2, 0.25) is 0 Å². The second-order valence-electron chi connectivity index (χ2n) is 3.38. The van der Waals surface area contributed by atoms with E-state index in [0.29, 0.717) is 12.8 Å². The first kappa shape index (κ1) is 9.62. The van der Waals surface area contributed by atoms with Crippen molar-refractivity contribution in [3.63, 3.8) is 0 Å². The summed E-state index contributed by atoms with van der Waals surface area (Å²) >= 11 is 0. The average Bonchev–Trinajstić information content (AvgIpc) is 2.49. The van der Waals surface area contributed by atoms with Crippen LogP contribution in [0.4, 0.5) is 0 Å². The lowest BCUT2D eigenvalue weighted by molar-refractivity contribution is 0.172. The number of ether oxygens (including phenoxy) is 2. The number of nitrogens with one attached hydrogen (secondary N) is 1. The highest BCUT2D eigenvalue weighted by Crippen LogP contribution is 2.40. The van der Waals surface area contributed by atoms with Gasteiger partial charge in [-0.05, 0) is 19.0 Å². The zero-order chi connectivity index (χ0) is 8.67. The molecule has 1 N–H and O–H groups in total. The summed E-state index contributed by atoms with van der Waals surface area (Å²) in [4.78, 5) is 0. The van der Waals surface area contributed by atoms with Gasteiger partial charge >= 0.3 is 0 Å². The highest BCUT2D eigenvalue weighted by molar-refractivity contribution is 5.85. The predicted molar refractivity (Wildman–Crippen MR) is 55.2 cm³/mol. The molecule has 3 rings (SSSR count). The minimum atomic E-state index is 0. The van der Waals surface area contributed by atoms with Crippen molar-refractivity contribution in [2.45, 2.75) is 12.5 Å². The van der Waals surface area contributed by atoms with E-state index < -0.39 is 0 Å². The molecule has 1 saturated heterocycles. The summed E-state index contributed by atoms with van der Waals surface area (Å²) in [6, 6.07) is 6.54. The largest absolute Gasteiger partial charge is 0.454 e. The zero-order valence-electron chi connectivity index (χ0n) is 7.66. The molecule has 2 heterocycles. The SMILES string of the molecule is Cl.c1cc2c(c([C@H]3CCN3)c1)OCO2. The minimum absolute atomic E-state index is 0. The Hall–Kier alpha value is -0.930. The molecule has 76 valence electrons. The maximum atomic E-state index is 5.42.